The molecule has 1 fully saturated rings. The van der Waals surface area contributed by atoms with Gasteiger partial charge in [-0.15, -0.1) is 0 Å². The van der Waals surface area contributed by atoms with E-state index in [1.54, 1.807) is 11.8 Å². The van der Waals surface area contributed by atoms with Crippen LogP contribution in [0.25, 0.3) is 0 Å². The van der Waals surface area contributed by atoms with Crippen molar-refractivity contribution in [2.45, 2.75) is 26.2 Å². The molecule has 0 aromatic heterocycles. The molecule has 3 unspecified atom stereocenters. The third-order valence-electron chi connectivity index (χ3n) is 3.25. The normalized spacial score (nSPS) is 25.5. The van der Waals surface area contributed by atoms with Gasteiger partial charge in [-0.3, -0.25) is 9.59 Å². The van der Waals surface area contributed by atoms with Gasteiger partial charge in [-0.1, -0.05) is 13.3 Å². The zero-order chi connectivity index (χ0) is 12.8. The Hall–Kier alpha value is -0.710. The van der Waals surface area contributed by atoms with Crippen LogP contribution in [0.15, 0.2) is 0 Å². The van der Waals surface area contributed by atoms with E-state index in [0.717, 1.165) is 12.2 Å². The number of rotatable bonds is 6. The molecule has 3 atom stereocenters. The van der Waals surface area contributed by atoms with Gasteiger partial charge in [0.2, 0.25) is 5.91 Å². The monoisotopic (exact) mass is 259 g/mol. The number of hydrogen-bond acceptors (Lipinski definition) is 3. The number of carboxylic acids is 1. The van der Waals surface area contributed by atoms with Crippen LogP contribution >= 0.6 is 11.8 Å². The molecule has 0 radical (unpaired) electrons. The minimum atomic E-state index is -0.834. The highest BCUT2D eigenvalue weighted by atomic mass is 32.2. The number of aliphatic carboxylic acids is 1. The van der Waals surface area contributed by atoms with Gasteiger partial charge < -0.3 is 10.4 Å². The lowest BCUT2D eigenvalue weighted by atomic mass is 9.95. The Morgan fingerprint density at radius 2 is 2.06 bits per heavy atom. The summed E-state index contributed by atoms with van der Waals surface area (Å²) in [4.78, 5) is 22.9. The van der Waals surface area contributed by atoms with E-state index < -0.39 is 11.9 Å². The van der Waals surface area contributed by atoms with Gasteiger partial charge in [0.1, 0.15) is 0 Å². The average Bonchev–Trinajstić information content (AvgIpc) is 2.75. The van der Waals surface area contributed by atoms with Crippen molar-refractivity contribution < 1.29 is 14.7 Å². The molecule has 0 aromatic carbocycles. The second-order valence-corrected chi connectivity index (χ2v) is 5.70. The number of carboxylic acid groups (broad SMARTS) is 1. The smallest absolute Gasteiger partial charge is 0.307 e. The van der Waals surface area contributed by atoms with Crippen LogP contribution in [0, 0.1) is 17.8 Å². The molecule has 0 saturated heterocycles. The average molecular weight is 259 g/mol. The number of carbonyl (C=O) groups excluding carboxylic acids is 1. The third kappa shape index (κ3) is 4.22. The number of hydrogen-bond donors (Lipinski definition) is 2. The molecule has 5 heteroatoms. The van der Waals surface area contributed by atoms with Crippen molar-refractivity contribution in [2.24, 2.45) is 17.8 Å². The molecule has 0 spiro atoms. The molecule has 1 rings (SSSR count). The van der Waals surface area contributed by atoms with E-state index in [0.29, 0.717) is 25.3 Å². The van der Waals surface area contributed by atoms with Crippen molar-refractivity contribution in [3.63, 3.8) is 0 Å². The minimum absolute atomic E-state index is 0.0807. The van der Waals surface area contributed by atoms with Crippen molar-refractivity contribution in [2.75, 3.05) is 18.6 Å². The van der Waals surface area contributed by atoms with Crippen LogP contribution < -0.4 is 5.32 Å². The maximum Gasteiger partial charge on any atom is 0.307 e. The van der Waals surface area contributed by atoms with Crippen LogP contribution in [0.1, 0.15) is 26.2 Å². The molecular weight excluding hydrogens is 238 g/mol. The lowest BCUT2D eigenvalue weighted by Crippen LogP contribution is -2.37. The molecule has 0 heterocycles. The molecule has 1 saturated carbocycles. The highest BCUT2D eigenvalue weighted by Gasteiger charge is 2.37. The summed E-state index contributed by atoms with van der Waals surface area (Å²) in [6, 6.07) is 0. The fourth-order valence-corrected chi connectivity index (χ4v) is 3.01. The summed E-state index contributed by atoms with van der Waals surface area (Å²) in [6.45, 7) is 2.72. The molecular formula is C12H21NO3S. The Morgan fingerprint density at radius 1 is 1.41 bits per heavy atom. The summed E-state index contributed by atoms with van der Waals surface area (Å²) in [5.74, 6) is -0.283. The van der Waals surface area contributed by atoms with Crippen molar-refractivity contribution in [1.82, 2.24) is 5.32 Å². The van der Waals surface area contributed by atoms with Gasteiger partial charge in [0, 0.05) is 6.54 Å². The summed E-state index contributed by atoms with van der Waals surface area (Å²) in [7, 11) is 0. The van der Waals surface area contributed by atoms with Crippen LogP contribution in [0.3, 0.4) is 0 Å². The van der Waals surface area contributed by atoms with Crippen molar-refractivity contribution in [1.29, 1.82) is 0 Å². The van der Waals surface area contributed by atoms with E-state index in [4.69, 9.17) is 5.11 Å². The van der Waals surface area contributed by atoms with Crippen LogP contribution in [0.5, 0.6) is 0 Å². The maximum atomic E-state index is 11.9. The second-order valence-electron chi connectivity index (χ2n) is 4.79. The third-order valence-corrected chi connectivity index (χ3v) is 4.15. The molecule has 98 valence electrons. The molecule has 17 heavy (non-hydrogen) atoms. The first-order valence-electron chi connectivity index (χ1n) is 6.05. The molecule has 1 amide bonds. The molecule has 2 N–H and O–H groups in total. The summed E-state index contributed by atoms with van der Waals surface area (Å²) in [5, 5.41) is 11.9. The summed E-state index contributed by atoms with van der Waals surface area (Å²) in [6.07, 6.45) is 4.22. The van der Waals surface area contributed by atoms with Crippen LogP contribution in [-0.4, -0.2) is 35.5 Å². The predicted molar refractivity (Wildman–Crippen MR) is 69.0 cm³/mol. The Labute approximate surface area is 107 Å². The van der Waals surface area contributed by atoms with E-state index in [-0.39, 0.29) is 11.8 Å². The predicted octanol–water partition coefficient (Wildman–Crippen LogP) is 1.60. The first kappa shape index (κ1) is 14.4. The fraction of sp³-hybridized carbons (Fsp3) is 0.833. The Balaban J connectivity index is 2.39. The quantitative estimate of drug-likeness (QED) is 0.760. The molecule has 1 aliphatic carbocycles. The summed E-state index contributed by atoms with van der Waals surface area (Å²) >= 11 is 1.75. The van der Waals surface area contributed by atoms with E-state index in [9.17, 15) is 9.59 Å². The lowest BCUT2D eigenvalue weighted by molar-refractivity contribution is -0.146. The summed E-state index contributed by atoms with van der Waals surface area (Å²) < 4.78 is 0. The number of nitrogens with one attached hydrogen (secondary N) is 1. The van der Waals surface area contributed by atoms with Gasteiger partial charge >= 0.3 is 5.97 Å². The Bertz CT molecular complexity index is 283. The zero-order valence-corrected chi connectivity index (χ0v) is 11.3. The summed E-state index contributed by atoms with van der Waals surface area (Å²) in [5.41, 5.74) is 0. The number of thioether (sulfide) groups is 1. The van der Waals surface area contributed by atoms with Gasteiger partial charge in [-0.25, -0.2) is 0 Å². The van der Waals surface area contributed by atoms with Gasteiger partial charge in [0.15, 0.2) is 0 Å². The fourth-order valence-electron chi connectivity index (χ4n) is 2.32. The van der Waals surface area contributed by atoms with E-state index in [1.165, 1.54) is 0 Å². The zero-order valence-electron chi connectivity index (χ0n) is 10.4. The molecule has 0 aromatic rings. The highest BCUT2D eigenvalue weighted by molar-refractivity contribution is 7.98. The van der Waals surface area contributed by atoms with Crippen molar-refractivity contribution in [3.8, 4) is 0 Å². The van der Waals surface area contributed by atoms with Gasteiger partial charge in [0.05, 0.1) is 11.8 Å². The molecule has 1 aliphatic rings. The van der Waals surface area contributed by atoms with Crippen LogP contribution in [0.2, 0.25) is 0 Å². The lowest BCUT2D eigenvalue weighted by Gasteiger charge is -2.17. The molecule has 0 bridgehead atoms. The number of carbonyl (C=O) groups is 2. The van der Waals surface area contributed by atoms with E-state index >= 15 is 0 Å². The van der Waals surface area contributed by atoms with Gasteiger partial charge in [-0.05, 0) is 30.8 Å². The number of amides is 1. The first-order valence-corrected chi connectivity index (χ1v) is 7.45. The van der Waals surface area contributed by atoms with E-state index in [2.05, 4.69) is 12.2 Å². The van der Waals surface area contributed by atoms with Crippen molar-refractivity contribution >= 4 is 23.6 Å². The largest absolute Gasteiger partial charge is 0.481 e. The minimum Gasteiger partial charge on any atom is -0.481 e. The Morgan fingerprint density at radius 3 is 2.65 bits per heavy atom. The maximum absolute atomic E-state index is 11.9. The molecule has 0 aliphatic heterocycles. The standard InChI is InChI=1S/C12H21NO3S/c1-8(7-17-2)6-13-11(14)9-4-3-5-10(9)12(15)16/h8-10H,3-7H2,1-2H3,(H,13,14)(H,15,16). The van der Waals surface area contributed by atoms with Crippen LogP contribution in [0.4, 0.5) is 0 Å². The van der Waals surface area contributed by atoms with E-state index in [1.807, 2.05) is 6.26 Å². The second kappa shape index (κ2) is 6.89. The first-order chi connectivity index (χ1) is 8.06. The topological polar surface area (TPSA) is 66.4 Å². The van der Waals surface area contributed by atoms with Gasteiger partial charge in [-0.2, -0.15) is 11.8 Å². The Kier molecular flexibility index (Phi) is 5.82. The van der Waals surface area contributed by atoms with Crippen molar-refractivity contribution in [3.05, 3.63) is 0 Å². The van der Waals surface area contributed by atoms with Gasteiger partial charge in [0.25, 0.3) is 0 Å². The molecule has 4 nitrogen and oxygen atoms in total. The highest BCUT2D eigenvalue weighted by Crippen LogP contribution is 2.32. The van der Waals surface area contributed by atoms with Crippen LogP contribution in [-0.2, 0) is 9.59 Å². The SMILES string of the molecule is CSCC(C)CNC(=O)C1CCCC1C(=O)O.